The molecule has 1 aliphatic heterocycles. The zero-order valence-electron chi connectivity index (χ0n) is 20.3. The van der Waals surface area contributed by atoms with Crippen molar-refractivity contribution >= 4 is 16.5 Å². The van der Waals surface area contributed by atoms with Gasteiger partial charge in [0.15, 0.2) is 0 Å². The molecule has 180 valence electrons. The van der Waals surface area contributed by atoms with Crippen LogP contribution >= 0.6 is 0 Å². The molecule has 3 aliphatic rings. The van der Waals surface area contributed by atoms with Gasteiger partial charge in [0, 0.05) is 30.3 Å². The number of rotatable bonds is 5. The number of halogens is 1. The van der Waals surface area contributed by atoms with Crippen molar-refractivity contribution < 1.29 is 13.9 Å². The van der Waals surface area contributed by atoms with E-state index in [1.165, 1.54) is 33.4 Å². The van der Waals surface area contributed by atoms with E-state index >= 15 is 0 Å². The molecule has 0 bridgehead atoms. The zero-order valence-corrected chi connectivity index (χ0v) is 20.3. The first kappa shape index (κ1) is 22.4. The highest BCUT2D eigenvalue weighted by Gasteiger charge is 2.28. The van der Waals surface area contributed by atoms with Crippen molar-refractivity contribution in [1.29, 1.82) is 0 Å². The molecule has 3 nitrogen and oxygen atoms in total. The van der Waals surface area contributed by atoms with Crippen LogP contribution in [-0.2, 0) is 13.0 Å². The smallest absolute Gasteiger partial charge is 0.134 e. The third-order valence-corrected chi connectivity index (χ3v) is 7.90. The van der Waals surface area contributed by atoms with Crippen molar-refractivity contribution in [3.63, 3.8) is 0 Å². The van der Waals surface area contributed by atoms with Gasteiger partial charge in [0.1, 0.15) is 17.1 Å². The van der Waals surface area contributed by atoms with Crippen molar-refractivity contribution in [1.82, 2.24) is 4.90 Å². The topological polar surface area (TPSA) is 36.6 Å². The summed E-state index contributed by atoms with van der Waals surface area (Å²) < 4.78 is 19.1. The molecule has 1 N–H and O–H groups in total. The lowest BCUT2D eigenvalue weighted by atomic mass is 9.79. The Morgan fingerprint density at radius 1 is 1.09 bits per heavy atom. The van der Waals surface area contributed by atoms with Crippen LogP contribution < -0.4 is 0 Å². The molecule has 1 aromatic heterocycles. The molecule has 35 heavy (non-hydrogen) atoms. The van der Waals surface area contributed by atoms with Gasteiger partial charge in [0.2, 0.25) is 0 Å². The second kappa shape index (κ2) is 9.16. The number of aromatic hydroxyl groups is 1. The summed E-state index contributed by atoms with van der Waals surface area (Å²) in [6.07, 6.45) is 10.8. The highest BCUT2D eigenvalue weighted by Crippen LogP contribution is 2.43. The third-order valence-electron chi connectivity index (χ3n) is 7.90. The number of benzene rings is 2. The largest absolute Gasteiger partial charge is 0.508 e. The van der Waals surface area contributed by atoms with E-state index in [0.29, 0.717) is 11.7 Å². The minimum atomic E-state index is -0.234. The third kappa shape index (κ3) is 4.25. The molecule has 0 amide bonds. The van der Waals surface area contributed by atoms with Gasteiger partial charge < -0.3 is 9.52 Å². The fourth-order valence-electron chi connectivity index (χ4n) is 6.08. The normalized spacial score (nSPS) is 21.1. The second-order valence-corrected chi connectivity index (χ2v) is 10.4. The summed E-state index contributed by atoms with van der Waals surface area (Å²) in [6.45, 7) is 4.35. The summed E-state index contributed by atoms with van der Waals surface area (Å²) >= 11 is 0. The number of nitrogens with zero attached hydrogens (tertiary/aromatic N) is 1. The second-order valence-electron chi connectivity index (χ2n) is 10.4. The Bertz CT molecular complexity index is 1360. The maximum absolute atomic E-state index is 12.8. The Labute approximate surface area is 206 Å². The van der Waals surface area contributed by atoms with E-state index in [1.54, 1.807) is 0 Å². The highest BCUT2D eigenvalue weighted by molar-refractivity contribution is 5.90. The number of furan rings is 1. The molecule has 2 heterocycles. The minimum Gasteiger partial charge on any atom is -0.508 e. The van der Waals surface area contributed by atoms with Gasteiger partial charge in [0.25, 0.3) is 0 Å². The molecule has 1 atom stereocenters. The Morgan fingerprint density at radius 3 is 2.80 bits per heavy atom. The number of allylic oxidation sites excluding steroid dienone is 5. The van der Waals surface area contributed by atoms with Gasteiger partial charge in [-0.25, -0.2) is 0 Å². The molecule has 1 saturated heterocycles. The monoisotopic (exact) mass is 469 g/mol. The van der Waals surface area contributed by atoms with Gasteiger partial charge in [-0.15, -0.1) is 0 Å². The first-order valence-corrected chi connectivity index (χ1v) is 12.8. The van der Waals surface area contributed by atoms with Crippen LogP contribution in [0.5, 0.6) is 5.75 Å². The van der Waals surface area contributed by atoms with Gasteiger partial charge in [-0.3, -0.25) is 9.29 Å². The first-order valence-electron chi connectivity index (χ1n) is 12.8. The number of aryl methyl sites for hydroxylation is 1. The van der Waals surface area contributed by atoms with Gasteiger partial charge in [-0.2, -0.15) is 0 Å². The molecule has 1 unspecified atom stereocenters. The molecule has 0 saturated carbocycles. The molecular weight excluding hydrogens is 437 g/mol. The Balaban J connectivity index is 1.43. The van der Waals surface area contributed by atoms with Crippen molar-refractivity contribution in [3.05, 3.63) is 94.3 Å². The molecule has 3 aromatic rings. The maximum Gasteiger partial charge on any atom is 0.134 e. The molecule has 0 radical (unpaired) electrons. The summed E-state index contributed by atoms with van der Waals surface area (Å²) in [7, 11) is 0. The van der Waals surface area contributed by atoms with E-state index in [-0.39, 0.29) is 12.6 Å². The standard InChI is InChI=1S/C31H32FNO2/c1-20-5-2-3-7-27(20)29-8-4-6-22-13-25(34)11-12-28(22)31(29)24-10-9-23-14-26(35-30(23)15-24)19-33-17-21(16-32)18-33/h2-3,5,9-15,21,27,34H,4,6-8,16-19H2,1H3. The van der Waals surface area contributed by atoms with Crippen LogP contribution in [-0.4, -0.2) is 29.8 Å². The number of hydrogen-bond acceptors (Lipinski definition) is 3. The highest BCUT2D eigenvalue weighted by atomic mass is 19.1. The van der Waals surface area contributed by atoms with Crippen LogP contribution in [0.15, 0.2) is 76.3 Å². The van der Waals surface area contributed by atoms with Crippen molar-refractivity contribution in [3.8, 4) is 5.75 Å². The van der Waals surface area contributed by atoms with E-state index < -0.39 is 0 Å². The Morgan fingerprint density at radius 2 is 1.97 bits per heavy atom. The fraction of sp³-hybridized carbons (Fsp3) is 0.355. The van der Waals surface area contributed by atoms with Crippen LogP contribution in [0, 0.1) is 11.8 Å². The fourth-order valence-corrected chi connectivity index (χ4v) is 6.08. The number of phenolic OH excluding ortho intramolecular Hbond substituents is 1. The number of phenols is 1. The lowest BCUT2D eigenvalue weighted by Crippen LogP contribution is -2.46. The number of likely N-dealkylation sites (tertiary alicyclic amines) is 1. The summed E-state index contributed by atoms with van der Waals surface area (Å²) in [4.78, 5) is 2.24. The molecular formula is C31H32FNO2. The molecule has 4 heteroatoms. The van der Waals surface area contributed by atoms with Gasteiger partial charge >= 0.3 is 0 Å². The number of alkyl halides is 1. The zero-order chi connectivity index (χ0) is 23.9. The van der Waals surface area contributed by atoms with E-state index in [0.717, 1.165) is 62.0 Å². The van der Waals surface area contributed by atoms with Crippen LogP contribution in [0.4, 0.5) is 4.39 Å². The molecule has 6 rings (SSSR count). The predicted octanol–water partition coefficient (Wildman–Crippen LogP) is 7.20. The molecule has 2 aliphatic carbocycles. The lowest BCUT2D eigenvalue weighted by molar-refractivity contribution is 0.0677. The summed E-state index contributed by atoms with van der Waals surface area (Å²) in [6, 6.07) is 14.5. The average molecular weight is 470 g/mol. The average Bonchev–Trinajstić information content (AvgIpc) is 3.14. The Hall–Kier alpha value is -3.11. The van der Waals surface area contributed by atoms with Crippen molar-refractivity contribution in [2.24, 2.45) is 11.8 Å². The van der Waals surface area contributed by atoms with Crippen molar-refractivity contribution in [2.45, 2.75) is 39.2 Å². The van der Waals surface area contributed by atoms with Crippen LogP contribution in [0.3, 0.4) is 0 Å². The SMILES string of the molecule is CC1=CC=CCC1C1=C(c2ccc3cc(CN4CC(CF)C4)oc3c2)c2ccc(O)cc2CCC1. The van der Waals surface area contributed by atoms with Gasteiger partial charge in [-0.05, 0) is 79.1 Å². The molecule has 0 spiro atoms. The summed E-state index contributed by atoms with van der Waals surface area (Å²) in [5, 5.41) is 11.3. The summed E-state index contributed by atoms with van der Waals surface area (Å²) in [5.74, 6) is 1.84. The van der Waals surface area contributed by atoms with Crippen LogP contribution in [0.25, 0.3) is 16.5 Å². The quantitative estimate of drug-likeness (QED) is 0.429. The number of fused-ring (bicyclic) bond motifs is 2. The molecule has 1 fully saturated rings. The van der Waals surface area contributed by atoms with Crippen molar-refractivity contribution in [2.75, 3.05) is 19.8 Å². The number of hydrogen-bond donors (Lipinski definition) is 1. The minimum absolute atomic E-state index is 0.179. The van der Waals surface area contributed by atoms with E-state index in [1.807, 2.05) is 12.1 Å². The van der Waals surface area contributed by atoms with Gasteiger partial charge in [-0.1, -0.05) is 47.6 Å². The predicted molar refractivity (Wildman–Crippen MR) is 139 cm³/mol. The van der Waals surface area contributed by atoms with E-state index in [9.17, 15) is 9.50 Å². The first-order chi connectivity index (χ1) is 17.1. The van der Waals surface area contributed by atoms with E-state index in [4.69, 9.17) is 4.42 Å². The summed E-state index contributed by atoms with van der Waals surface area (Å²) in [5.41, 5.74) is 8.68. The lowest BCUT2D eigenvalue weighted by Gasteiger charge is -2.36. The van der Waals surface area contributed by atoms with Crippen LogP contribution in [0.1, 0.15) is 48.6 Å². The Kier molecular flexibility index (Phi) is 5.85. The van der Waals surface area contributed by atoms with Crippen LogP contribution in [0.2, 0.25) is 0 Å². The van der Waals surface area contributed by atoms with E-state index in [2.05, 4.69) is 60.4 Å². The van der Waals surface area contributed by atoms with Gasteiger partial charge in [0.05, 0.1) is 13.2 Å². The maximum atomic E-state index is 12.8. The molecule has 2 aromatic carbocycles.